The van der Waals surface area contributed by atoms with Gasteiger partial charge >= 0.3 is 0 Å². The average molecular weight is 313 g/mol. The molecule has 23 heavy (non-hydrogen) atoms. The van der Waals surface area contributed by atoms with Crippen LogP contribution in [0.25, 0.3) is 5.78 Å². The molecule has 1 aromatic carbocycles. The van der Waals surface area contributed by atoms with Crippen LogP contribution in [0.15, 0.2) is 30.6 Å². The number of aryl methyl sites for hydroxylation is 2. The summed E-state index contributed by atoms with van der Waals surface area (Å²) in [5, 5.41) is 6.70. The number of carbonyl (C=O) groups is 1. The fraction of sp³-hybridized carbons (Fsp3) is 0.250. The van der Waals surface area contributed by atoms with Gasteiger partial charge in [0, 0.05) is 17.8 Å². The molecule has 3 aromatic rings. The normalized spacial score (nSPS) is 10.9. The highest BCUT2D eigenvalue weighted by molar-refractivity contribution is 5.90. The van der Waals surface area contributed by atoms with Gasteiger partial charge in [-0.2, -0.15) is 10.1 Å². The first-order chi connectivity index (χ1) is 11.1. The summed E-state index contributed by atoms with van der Waals surface area (Å²) in [7, 11) is 0. The number of aromatic nitrogens is 4. The number of fused-ring (bicyclic) bond motifs is 1. The Morgan fingerprint density at radius 2 is 2.09 bits per heavy atom. The minimum Gasteiger partial charge on any atom is -0.324 e. The molecule has 3 rings (SSSR count). The van der Waals surface area contributed by atoms with Crippen molar-refractivity contribution in [3.05, 3.63) is 53.4 Å². The van der Waals surface area contributed by atoms with Gasteiger partial charge in [0.1, 0.15) is 12.1 Å². The Bertz CT molecular complexity index is 874. The molecule has 0 atom stereocenters. The third kappa shape index (κ3) is 3.03. The molecule has 0 aliphatic heterocycles. The van der Waals surface area contributed by atoms with Crippen LogP contribution in [-0.4, -0.2) is 25.5 Å². The highest BCUT2D eigenvalue weighted by Crippen LogP contribution is 2.16. The summed E-state index contributed by atoms with van der Waals surface area (Å²) in [6.07, 6.45) is 2.18. The number of para-hydroxylation sites is 1. The highest BCUT2D eigenvalue weighted by Gasteiger charge is 2.13. The molecule has 1 N–H and O–H groups in total. The maximum Gasteiger partial charge on any atom is 0.252 e. The predicted molar refractivity (Wildman–Crippen MR) is 83.6 cm³/mol. The van der Waals surface area contributed by atoms with E-state index >= 15 is 0 Å². The van der Waals surface area contributed by atoms with Crippen LogP contribution in [0, 0.1) is 19.7 Å². The quantitative estimate of drug-likeness (QED) is 0.803. The molecule has 7 heteroatoms. The van der Waals surface area contributed by atoms with E-state index in [1.807, 2.05) is 13.8 Å². The van der Waals surface area contributed by atoms with Crippen molar-refractivity contribution in [2.45, 2.75) is 26.7 Å². The number of nitrogens with zero attached hydrogens (tertiary/aromatic N) is 4. The van der Waals surface area contributed by atoms with Crippen molar-refractivity contribution >= 4 is 17.4 Å². The van der Waals surface area contributed by atoms with Gasteiger partial charge in [-0.3, -0.25) is 4.79 Å². The monoisotopic (exact) mass is 313 g/mol. The van der Waals surface area contributed by atoms with E-state index in [0.29, 0.717) is 12.2 Å². The minimum absolute atomic E-state index is 0.191. The molecule has 0 fully saturated rings. The van der Waals surface area contributed by atoms with Gasteiger partial charge in [0.2, 0.25) is 5.91 Å². The summed E-state index contributed by atoms with van der Waals surface area (Å²) in [4.78, 5) is 20.5. The Kier molecular flexibility index (Phi) is 4.01. The van der Waals surface area contributed by atoms with Crippen LogP contribution in [0.5, 0.6) is 0 Å². The molecule has 0 unspecified atom stereocenters. The lowest BCUT2D eigenvalue weighted by molar-refractivity contribution is -0.116. The van der Waals surface area contributed by atoms with Gasteiger partial charge in [-0.1, -0.05) is 12.1 Å². The van der Waals surface area contributed by atoms with Crippen LogP contribution in [-0.2, 0) is 11.2 Å². The van der Waals surface area contributed by atoms with Crippen molar-refractivity contribution in [1.29, 1.82) is 0 Å². The average Bonchev–Trinajstić information content (AvgIpc) is 2.98. The van der Waals surface area contributed by atoms with Crippen LogP contribution in [0.1, 0.15) is 23.4 Å². The molecule has 2 heterocycles. The molecule has 0 bridgehead atoms. The van der Waals surface area contributed by atoms with E-state index in [1.165, 1.54) is 18.5 Å². The van der Waals surface area contributed by atoms with Crippen LogP contribution in [0.4, 0.5) is 10.1 Å². The first-order valence-electron chi connectivity index (χ1n) is 7.26. The SMILES string of the molecule is Cc1nc2ncnn2c(C)c1CCC(=O)Nc1ccccc1F. The number of halogens is 1. The summed E-state index contributed by atoms with van der Waals surface area (Å²) in [6.45, 7) is 3.80. The second-order valence-corrected chi connectivity index (χ2v) is 5.26. The van der Waals surface area contributed by atoms with Gasteiger partial charge in [0.25, 0.3) is 5.78 Å². The third-order valence-corrected chi connectivity index (χ3v) is 3.74. The lowest BCUT2D eigenvalue weighted by Gasteiger charge is -2.10. The van der Waals surface area contributed by atoms with E-state index < -0.39 is 5.82 Å². The molecule has 1 amide bonds. The third-order valence-electron chi connectivity index (χ3n) is 3.74. The van der Waals surface area contributed by atoms with Gasteiger partial charge in [0.05, 0.1) is 5.69 Å². The Morgan fingerprint density at radius 3 is 2.87 bits per heavy atom. The van der Waals surface area contributed by atoms with E-state index in [9.17, 15) is 9.18 Å². The van der Waals surface area contributed by atoms with Crippen molar-refractivity contribution in [1.82, 2.24) is 19.6 Å². The van der Waals surface area contributed by atoms with Gasteiger partial charge in [-0.15, -0.1) is 0 Å². The summed E-state index contributed by atoms with van der Waals surface area (Å²) in [6, 6.07) is 6.10. The molecular weight excluding hydrogens is 297 g/mol. The van der Waals surface area contributed by atoms with E-state index in [2.05, 4.69) is 20.4 Å². The maximum absolute atomic E-state index is 13.5. The summed E-state index contributed by atoms with van der Waals surface area (Å²) < 4.78 is 15.2. The zero-order chi connectivity index (χ0) is 16.4. The smallest absolute Gasteiger partial charge is 0.252 e. The van der Waals surface area contributed by atoms with Crippen molar-refractivity contribution < 1.29 is 9.18 Å². The molecule has 0 radical (unpaired) electrons. The van der Waals surface area contributed by atoms with Crippen LogP contribution >= 0.6 is 0 Å². The van der Waals surface area contributed by atoms with Gasteiger partial charge < -0.3 is 5.32 Å². The molecule has 0 spiro atoms. The predicted octanol–water partition coefficient (Wildman–Crippen LogP) is 2.45. The van der Waals surface area contributed by atoms with E-state index in [1.54, 1.807) is 16.6 Å². The topological polar surface area (TPSA) is 72.2 Å². The molecule has 0 saturated heterocycles. The fourth-order valence-corrected chi connectivity index (χ4v) is 2.53. The lowest BCUT2D eigenvalue weighted by atomic mass is 10.1. The Hall–Kier alpha value is -2.83. The second kappa shape index (κ2) is 6.12. The Balaban J connectivity index is 1.73. The first kappa shape index (κ1) is 15.1. The number of rotatable bonds is 4. The Labute approximate surface area is 132 Å². The summed E-state index contributed by atoms with van der Waals surface area (Å²) >= 11 is 0. The van der Waals surface area contributed by atoms with Gasteiger partial charge in [-0.05, 0) is 38.0 Å². The number of benzene rings is 1. The molecular formula is C16H16FN5O. The zero-order valence-corrected chi connectivity index (χ0v) is 12.9. The Morgan fingerprint density at radius 1 is 1.30 bits per heavy atom. The van der Waals surface area contributed by atoms with Crippen LogP contribution in [0.3, 0.4) is 0 Å². The molecule has 0 aliphatic rings. The van der Waals surface area contributed by atoms with Crippen LogP contribution < -0.4 is 5.32 Å². The fourth-order valence-electron chi connectivity index (χ4n) is 2.53. The van der Waals surface area contributed by atoms with E-state index in [0.717, 1.165) is 17.0 Å². The van der Waals surface area contributed by atoms with E-state index in [4.69, 9.17) is 0 Å². The van der Waals surface area contributed by atoms with E-state index in [-0.39, 0.29) is 18.0 Å². The van der Waals surface area contributed by atoms with Crippen molar-refractivity contribution in [3.63, 3.8) is 0 Å². The standard InChI is InChI=1S/C16H16FN5O/c1-10-12(11(2)22-16(20-10)18-9-19-22)7-8-15(23)21-14-6-4-3-5-13(14)17/h3-6,9H,7-8H2,1-2H3,(H,21,23). The molecule has 0 aliphatic carbocycles. The van der Waals surface area contributed by atoms with Gasteiger partial charge in [-0.25, -0.2) is 13.9 Å². The minimum atomic E-state index is -0.445. The second-order valence-electron chi connectivity index (χ2n) is 5.26. The number of anilines is 1. The summed E-state index contributed by atoms with van der Waals surface area (Å²) in [5.41, 5.74) is 2.87. The maximum atomic E-state index is 13.5. The number of amides is 1. The molecule has 0 saturated carbocycles. The van der Waals surface area contributed by atoms with Gasteiger partial charge in [0.15, 0.2) is 0 Å². The zero-order valence-electron chi connectivity index (χ0n) is 12.9. The van der Waals surface area contributed by atoms with Crippen molar-refractivity contribution in [2.75, 3.05) is 5.32 Å². The van der Waals surface area contributed by atoms with Crippen molar-refractivity contribution in [3.8, 4) is 0 Å². The number of hydrogen-bond acceptors (Lipinski definition) is 4. The molecule has 6 nitrogen and oxygen atoms in total. The first-order valence-corrected chi connectivity index (χ1v) is 7.26. The highest BCUT2D eigenvalue weighted by atomic mass is 19.1. The summed E-state index contributed by atoms with van der Waals surface area (Å²) in [5.74, 6) is -0.147. The molecule has 118 valence electrons. The van der Waals surface area contributed by atoms with Crippen LogP contribution in [0.2, 0.25) is 0 Å². The number of carbonyl (C=O) groups excluding carboxylic acids is 1. The van der Waals surface area contributed by atoms with Crippen molar-refractivity contribution in [2.24, 2.45) is 0 Å². The number of nitrogens with one attached hydrogen (secondary N) is 1. The lowest BCUT2D eigenvalue weighted by Crippen LogP contribution is -2.15. The molecule has 2 aromatic heterocycles. The number of hydrogen-bond donors (Lipinski definition) is 1. The largest absolute Gasteiger partial charge is 0.324 e.